The van der Waals surface area contributed by atoms with Crippen LogP contribution in [0, 0.1) is 6.92 Å². The minimum absolute atomic E-state index is 0.119. The van der Waals surface area contributed by atoms with Gasteiger partial charge in [0.15, 0.2) is 5.82 Å². The van der Waals surface area contributed by atoms with Gasteiger partial charge in [-0.3, -0.25) is 0 Å². The van der Waals surface area contributed by atoms with Gasteiger partial charge in [0.05, 0.1) is 0 Å². The fourth-order valence-electron chi connectivity index (χ4n) is 1.65. The Morgan fingerprint density at radius 2 is 2.26 bits per heavy atom. The maximum absolute atomic E-state index is 11.2. The van der Waals surface area contributed by atoms with Crippen molar-refractivity contribution in [3.63, 3.8) is 0 Å². The second kappa shape index (κ2) is 5.40. The van der Waals surface area contributed by atoms with E-state index in [1.165, 1.54) is 6.07 Å². The van der Waals surface area contributed by atoms with Gasteiger partial charge < -0.3 is 14.4 Å². The lowest BCUT2D eigenvalue weighted by molar-refractivity contribution is 0.0691. The van der Waals surface area contributed by atoms with Gasteiger partial charge >= 0.3 is 5.97 Å². The number of aryl methyl sites for hydroxylation is 2. The molecule has 0 saturated heterocycles. The van der Waals surface area contributed by atoms with E-state index in [-0.39, 0.29) is 12.2 Å². The molecule has 6 nitrogen and oxygen atoms in total. The molecule has 7 heteroatoms. The predicted octanol–water partition coefficient (Wildman–Crippen LogP) is 2.16. The molecule has 100 valence electrons. The summed E-state index contributed by atoms with van der Waals surface area (Å²) in [5, 5.41) is 16.8. The number of aromatic carboxylic acids is 1. The SMILES string of the molecule is Cc1cc(Br)cc(C(=O)O)c1OCc1nncn1C. The first-order valence-corrected chi connectivity index (χ1v) is 6.27. The van der Waals surface area contributed by atoms with Crippen molar-refractivity contribution in [1.82, 2.24) is 14.8 Å². The second-order valence-corrected chi connectivity index (χ2v) is 4.97. The van der Waals surface area contributed by atoms with Gasteiger partial charge in [0.25, 0.3) is 0 Å². The standard InChI is InChI=1S/C12H12BrN3O3/c1-7-3-8(13)4-9(12(17)18)11(7)19-5-10-15-14-6-16(10)2/h3-4,6H,5H2,1-2H3,(H,17,18). The van der Waals surface area contributed by atoms with E-state index in [1.807, 2.05) is 0 Å². The molecular weight excluding hydrogens is 314 g/mol. The molecule has 2 rings (SSSR count). The zero-order chi connectivity index (χ0) is 14.0. The smallest absolute Gasteiger partial charge is 0.339 e. The molecule has 1 N–H and O–H groups in total. The molecule has 0 radical (unpaired) electrons. The molecule has 1 heterocycles. The van der Waals surface area contributed by atoms with Crippen LogP contribution in [0.5, 0.6) is 5.75 Å². The van der Waals surface area contributed by atoms with Crippen molar-refractivity contribution >= 4 is 21.9 Å². The summed E-state index contributed by atoms with van der Waals surface area (Å²) in [4.78, 5) is 11.2. The van der Waals surface area contributed by atoms with Crippen LogP contribution in [0.15, 0.2) is 22.9 Å². The number of carboxylic acid groups (broad SMARTS) is 1. The van der Waals surface area contributed by atoms with Gasteiger partial charge in [-0.1, -0.05) is 15.9 Å². The average Bonchev–Trinajstić information content (AvgIpc) is 2.73. The number of rotatable bonds is 4. The van der Waals surface area contributed by atoms with E-state index in [4.69, 9.17) is 4.74 Å². The van der Waals surface area contributed by atoms with E-state index < -0.39 is 5.97 Å². The first kappa shape index (κ1) is 13.5. The number of ether oxygens (including phenoxy) is 1. The second-order valence-electron chi connectivity index (χ2n) is 4.05. The Morgan fingerprint density at radius 3 is 2.84 bits per heavy atom. The molecule has 1 aromatic carbocycles. The molecule has 1 aromatic heterocycles. The lowest BCUT2D eigenvalue weighted by Gasteiger charge is -2.12. The molecular formula is C12H12BrN3O3. The van der Waals surface area contributed by atoms with Crippen LogP contribution < -0.4 is 4.74 Å². The minimum atomic E-state index is -1.03. The number of hydrogen-bond donors (Lipinski definition) is 1. The van der Waals surface area contributed by atoms with E-state index in [2.05, 4.69) is 26.1 Å². The first-order chi connectivity index (χ1) is 8.99. The van der Waals surface area contributed by atoms with Crippen molar-refractivity contribution in [2.45, 2.75) is 13.5 Å². The molecule has 0 unspecified atom stereocenters. The van der Waals surface area contributed by atoms with Gasteiger partial charge in [-0.15, -0.1) is 10.2 Å². The number of carbonyl (C=O) groups is 1. The molecule has 0 fully saturated rings. The highest BCUT2D eigenvalue weighted by atomic mass is 79.9. The number of carboxylic acids is 1. The normalized spacial score (nSPS) is 10.5. The third-order valence-electron chi connectivity index (χ3n) is 2.62. The van der Waals surface area contributed by atoms with Crippen molar-refractivity contribution in [2.24, 2.45) is 7.05 Å². The Hall–Kier alpha value is -1.89. The van der Waals surface area contributed by atoms with Gasteiger partial charge in [-0.2, -0.15) is 0 Å². The molecule has 0 aliphatic heterocycles. The summed E-state index contributed by atoms with van der Waals surface area (Å²) >= 11 is 3.27. The highest BCUT2D eigenvalue weighted by Crippen LogP contribution is 2.28. The largest absolute Gasteiger partial charge is 0.484 e. The molecule has 0 bridgehead atoms. The van der Waals surface area contributed by atoms with Crippen LogP contribution >= 0.6 is 15.9 Å². The molecule has 0 atom stereocenters. The Labute approximate surface area is 118 Å². The Balaban J connectivity index is 2.29. The van der Waals surface area contributed by atoms with Crippen LogP contribution in [0.2, 0.25) is 0 Å². The monoisotopic (exact) mass is 325 g/mol. The molecule has 0 spiro atoms. The van der Waals surface area contributed by atoms with Crippen LogP contribution in [0.3, 0.4) is 0 Å². The van der Waals surface area contributed by atoms with Gasteiger partial charge in [0, 0.05) is 11.5 Å². The summed E-state index contributed by atoms with van der Waals surface area (Å²) in [6, 6.07) is 3.32. The van der Waals surface area contributed by atoms with Crippen molar-refractivity contribution in [3.8, 4) is 5.75 Å². The van der Waals surface area contributed by atoms with Crippen molar-refractivity contribution in [1.29, 1.82) is 0 Å². The first-order valence-electron chi connectivity index (χ1n) is 5.48. The molecule has 0 aliphatic rings. The summed E-state index contributed by atoms with van der Waals surface area (Å²) in [6.45, 7) is 1.96. The molecule has 19 heavy (non-hydrogen) atoms. The van der Waals surface area contributed by atoms with Gasteiger partial charge in [0.2, 0.25) is 0 Å². The van der Waals surface area contributed by atoms with Crippen LogP contribution in [-0.4, -0.2) is 25.8 Å². The summed E-state index contributed by atoms with van der Waals surface area (Å²) in [5.41, 5.74) is 0.864. The fourth-order valence-corrected chi connectivity index (χ4v) is 2.23. The number of hydrogen-bond acceptors (Lipinski definition) is 4. The number of benzene rings is 1. The molecule has 0 saturated carbocycles. The number of nitrogens with zero attached hydrogens (tertiary/aromatic N) is 3. The third-order valence-corrected chi connectivity index (χ3v) is 3.08. The lowest BCUT2D eigenvalue weighted by Crippen LogP contribution is -2.08. The van der Waals surface area contributed by atoms with E-state index in [0.717, 1.165) is 5.56 Å². The van der Waals surface area contributed by atoms with E-state index in [0.29, 0.717) is 16.0 Å². The highest BCUT2D eigenvalue weighted by Gasteiger charge is 2.16. The van der Waals surface area contributed by atoms with Gasteiger partial charge in [0.1, 0.15) is 24.2 Å². The average molecular weight is 326 g/mol. The van der Waals surface area contributed by atoms with Crippen LogP contribution in [-0.2, 0) is 13.7 Å². The molecule has 0 amide bonds. The van der Waals surface area contributed by atoms with Crippen LogP contribution in [0.4, 0.5) is 0 Å². The zero-order valence-electron chi connectivity index (χ0n) is 10.4. The van der Waals surface area contributed by atoms with Crippen molar-refractivity contribution < 1.29 is 14.6 Å². The molecule has 0 aliphatic carbocycles. The summed E-state index contributed by atoms with van der Waals surface area (Å²) in [5.74, 6) is -0.0604. The molecule has 2 aromatic rings. The van der Waals surface area contributed by atoms with Crippen LogP contribution in [0.1, 0.15) is 21.7 Å². The van der Waals surface area contributed by atoms with E-state index in [1.54, 1.807) is 30.9 Å². The highest BCUT2D eigenvalue weighted by molar-refractivity contribution is 9.10. The van der Waals surface area contributed by atoms with Gasteiger partial charge in [-0.25, -0.2) is 4.79 Å². The predicted molar refractivity (Wildman–Crippen MR) is 71.2 cm³/mol. The van der Waals surface area contributed by atoms with E-state index in [9.17, 15) is 9.90 Å². The van der Waals surface area contributed by atoms with Crippen LogP contribution in [0.25, 0.3) is 0 Å². The van der Waals surface area contributed by atoms with Crippen molar-refractivity contribution in [3.05, 3.63) is 39.9 Å². The minimum Gasteiger partial charge on any atom is -0.484 e. The van der Waals surface area contributed by atoms with Gasteiger partial charge in [-0.05, 0) is 24.6 Å². The number of halogens is 1. The maximum Gasteiger partial charge on any atom is 0.339 e. The zero-order valence-corrected chi connectivity index (χ0v) is 12.0. The topological polar surface area (TPSA) is 77.2 Å². The fraction of sp³-hybridized carbons (Fsp3) is 0.250. The quantitative estimate of drug-likeness (QED) is 0.932. The Kier molecular flexibility index (Phi) is 3.84. The lowest BCUT2D eigenvalue weighted by atomic mass is 10.1. The Bertz CT molecular complexity index is 625. The maximum atomic E-state index is 11.2. The summed E-state index contributed by atoms with van der Waals surface area (Å²) in [7, 11) is 1.80. The summed E-state index contributed by atoms with van der Waals surface area (Å²) < 4.78 is 8.00. The Morgan fingerprint density at radius 1 is 1.53 bits per heavy atom. The van der Waals surface area contributed by atoms with Crippen molar-refractivity contribution in [2.75, 3.05) is 0 Å². The summed E-state index contributed by atoms with van der Waals surface area (Å²) in [6.07, 6.45) is 1.56. The third kappa shape index (κ3) is 2.93. The van der Waals surface area contributed by atoms with E-state index >= 15 is 0 Å². The number of aromatic nitrogens is 3.